The number of carbonyl (C=O) groups excluding carboxylic acids is 1. The Bertz CT molecular complexity index is 882. The number of nitrogens with one attached hydrogen (secondary N) is 1. The maximum Gasteiger partial charge on any atom is 0.394 e. The Labute approximate surface area is 167 Å². The number of anilines is 1. The summed E-state index contributed by atoms with van der Waals surface area (Å²) in [7, 11) is 2.09. The van der Waals surface area contributed by atoms with Gasteiger partial charge in [0, 0.05) is 32.7 Å². The molecule has 1 aliphatic carbocycles. The van der Waals surface area contributed by atoms with Crippen molar-refractivity contribution in [3.8, 4) is 0 Å². The molecule has 1 saturated heterocycles. The van der Waals surface area contributed by atoms with E-state index < -0.39 is 11.6 Å². The number of benzene rings is 1. The molecule has 6 nitrogen and oxygen atoms in total. The molecule has 1 saturated carbocycles. The molecule has 1 N–H and O–H groups in total. The molecule has 9 heteroatoms. The van der Waals surface area contributed by atoms with E-state index in [9.17, 15) is 18.0 Å². The topological polar surface area (TPSA) is 53.4 Å². The Kier molecular flexibility index (Phi) is 5.18. The van der Waals surface area contributed by atoms with Crippen LogP contribution in [0.1, 0.15) is 25.7 Å². The van der Waals surface area contributed by atoms with Gasteiger partial charge in [-0.2, -0.15) is 13.2 Å². The second-order valence-electron chi connectivity index (χ2n) is 8.16. The van der Waals surface area contributed by atoms with Crippen LogP contribution in [0.15, 0.2) is 24.5 Å². The highest BCUT2D eigenvalue weighted by Crippen LogP contribution is 2.60. The number of halogens is 3. The molecule has 0 bridgehead atoms. The summed E-state index contributed by atoms with van der Waals surface area (Å²) in [5.74, 6) is 0. The van der Waals surface area contributed by atoms with E-state index in [1.54, 1.807) is 0 Å². The quantitative estimate of drug-likeness (QED) is 0.769. The lowest BCUT2D eigenvalue weighted by Gasteiger charge is -2.34. The number of fused-ring (bicyclic) bond motifs is 1. The first-order chi connectivity index (χ1) is 13.8. The van der Waals surface area contributed by atoms with Crippen LogP contribution >= 0.6 is 0 Å². The summed E-state index contributed by atoms with van der Waals surface area (Å²) < 4.78 is 40.4. The van der Waals surface area contributed by atoms with Crippen LogP contribution < -0.4 is 10.2 Å². The molecule has 29 heavy (non-hydrogen) atoms. The third-order valence-corrected chi connectivity index (χ3v) is 6.18. The minimum absolute atomic E-state index is 0.0645. The molecule has 2 fully saturated rings. The number of aromatic nitrogens is 2. The van der Waals surface area contributed by atoms with Gasteiger partial charge in [0.1, 0.15) is 11.8 Å². The van der Waals surface area contributed by atoms with Gasteiger partial charge in [0.2, 0.25) is 0 Å². The average molecular weight is 409 g/mol. The molecular formula is C20H26F3N5O. The zero-order valence-corrected chi connectivity index (χ0v) is 16.5. The number of piperazine rings is 1. The summed E-state index contributed by atoms with van der Waals surface area (Å²) in [6, 6.07) is 5.39. The van der Waals surface area contributed by atoms with Crippen molar-refractivity contribution in [1.82, 2.24) is 19.8 Å². The van der Waals surface area contributed by atoms with Gasteiger partial charge >= 0.3 is 12.2 Å². The normalized spacial score (nSPS) is 19.5. The molecule has 1 amide bonds. The van der Waals surface area contributed by atoms with Crippen LogP contribution in [0.2, 0.25) is 0 Å². The Morgan fingerprint density at radius 3 is 2.59 bits per heavy atom. The van der Waals surface area contributed by atoms with E-state index in [4.69, 9.17) is 0 Å². The number of rotatable bonds is 5. The largest absolute Gasteiger partial charge is 0.394 e. The predicted molar refractivity (Wildman–Crippen MR) is 105 cm³/mol. The number of hydrogen-bond acceptors (Lipinski definition) is 4. The minimum Gasteiger partial charge on any atom is -0.367 e. The molecule has 1 aromatic carbocycles. The number of alkyl halides is 3. The van der Waals surface area contributed by atoms with Gasteiger partial charge in [-0.05, 0) is 44.9 Å². The Hall–Kier alpha value is -2.29. The van der Waals surface area contributed by atoms with Crippen LogP contribution in [-0.4, -0.2) is 66.4 Å². The zero-order chi connectivity index (χ0) is 20.6. The van der Waals surface area contributed by atoms with Crippen molar-refractivity contribution >= 4 is 22.8 Å². The number of nitrogens with zero attached hydrogens (tertiary/aromatic N) is 4. The van der Waals surface area contributed by atoms with E-state index >= 15 is 0 Å². The Morgan fingerprint density at radius 2 is 1.93 bits per heavy atom. The Balaban J connectivity index is 1.39. The summed E-state index contributed by atoms with van der Waals surface area (Å²) in [6.45, 7) is 3.95. The minimum atomic E-state index is -4.14. The van der Waals surface area contributed by atoms with Crippen molar-refractivity contribution in [2.75, 3.05) is 44.7 Å². The first-order valence-electron chi connectivity index (χ1n) is 10.1. The molecule has 2 heterocycles. The van der Waals surface area contributed by atoms with E-state index in [-0.39, 0.29) is 31.8 Å². The molecular weight excluding hydrogens is 383 g/mol. The molecule has 2 aliphatic rings. The van der Waals surface area contributed by atoms with Gasteiger partial charge in [-0.25, -0.2) is 9.78 Å². The summed E-state index contributed by atoms with van der Waals surface area (Å²) in [4.78, 5) is 21.5. The summed E-state index contributed by atoms with van der Waals surface area (Å²) in [6.07, 6.45) is -1.88. The third kappa shape index (κ3) is 3.92. The number of imidazole rings is 1. The van der Waals surface area contributed by atoms with Gasteiger partial charge in [-0.3, -0.25) is 4.57 Å². The second kappa shape index (κ2) is 7.51. The van der Waals surface area contributed by atoms with Crippen LogP contribution in [0.5, 0.6) is 0 Å². The van der Waals surface area contributed by atoms with Gasteiger partial charge in [-0.1, -0.05) is 6.07 Å². The lowest BCUT2D eigenvalue weighted by Crippen LogP contribution is -2.44. The van der Waals surface area contributed by atoms with Crippen LogP contribution in [0.3, 0.4) is 0 Å². The standard InChI is InChI=1S/C20H26F3N5O/c1-26-10-12-27(13-11-26)15-4-2-5-16-17(15)25-14-28(16)18(29)24-9-3-6-19(7-8-19)20(21,22)23/h2,4-5,14H,3,6-13H2,1H3,(H,24,29). The van der Waals surface area contributed by atoms with Crippen molar-refractivity contribution in [1.29, 1.82) is 0 Å². The average Bonchev–Trinajstić information content (AvgIpc) is 3.37. The predicted octanol–water partition coefficient (Wildman–Crippen LogP) is 3.47. The molecule has 4 rings (SSSR count). The number of likely N-dealkylation sites (N-methyl/N-ethyl adjacent to an activating group) is 1. The maximum absolute atomic E-state index is 13.0. The smallest absolute Gasteiger partial charge is 0.367 e. The number of carbonyl (C=O) groups is 1. The fourth-order valence-corrected chi connectivity index (χ4v) is 4.02. The molecule has 1 aliphatic heterocycles. The highest BCUT2D eigenvalue weighted by atomic mass is 19.4. The summed E-state index contributed by atoms with van der Waals surface area (Å²) in [5, 5.41) is 2.73. The molecule has 2 aromatic rings. The molecule has 0 atom stereocenters. The summed E-state index contributed by atoms with van der Waals surface area (Å²) >= 11 is 0. The second-order valence-corrected chi connectivity index (χ2v) is 8.16. The van der Waals surface area contributed by atoms with Gasteiger partial charge in [0.25, 0.3) is 0 Å². The van der Waals surface area contributed by atoms with E-state index in [0.29, 0.717) is 11.9 Å². The van der Waals surface area contributed by atoms with E-state index in [0.717, 1.165) is 37.4 Å². The molecule has 0 radical (unpaired) electrons. The van der Waals surface area contributed by atoms with Crippen molar-refractivity contribution in [3.05, 3.63) is 24.5 Å². The Morgan fingerprint density at radius 1 is 1.21 bits per heavy atom. The number of para-hydroxylation sites is 1. The van der Waals surface area contributed by atoms with E-state index in [1.165, 1.54) is 10.9 Å². The van der Waals surface area contributed by atoms with Crippen LogP contribution in [0, 0.1) is 5.41 Å². The van der Waals surface area contributed by atoms with E-state index in [1.807, 2.05) is 18.2 Å². The lowest BCUT2D eigenvalue weighted by molar-refractivity contribution is -0.189. The number of hydrogen-bond donors (Lipinski definition) is 1. The SMILES string of the molecule is CN1CCN(c2cccc3c2ncn3C(=O)NCCCC2(C(F)(F)F)CC2)CC1. The van der Waals surface area contributed by atoms with Gasteiger partial charge in [0.05, 0.1) is 16.6 Å². The molecule has 0 unspecified atom stereocenters. The maximum atomic E-state index is 13.0. The molecule has 1 aromatic heterocycles. The fraction of sp³-hybridized carbons (Fsp3) is 0.600. The first-order valence-corrected chi connectivity index (χ1v) is 10.1. The molecule has 0 spiro atoms. The van der Waals surface area contributed by atoms with Crippen LogP contribution in [-0.2, 0) is 0 Å². The van der Waals surface area contributed by atoms with Crippen molar-refractivity contribution in [2.24, 2.45) is 5.41 Å². The lowest BCUT2D eigenvalue weighted by atomic mass is 10.00. The first kappa shape index (κ1) is 20.0. The zero-order valence-electron chi connectivity index (χ0n) is 16.5. The fourth-order valence-electron chi connectivity index (χ4n) is 4.02. The summed E-state index contributed by atoms with van der Waals surface area (Å²) in [5.41, 5.74) is 0.953. The monoisotopic (exact) mass is 409 g/mol. The number of amides is 1. The van der Waals surface area contributed by atoms with Crippen molar-refractivity contribution < 1.29 is 18.0 Å². The highest BCUT2D eigenvalue weighted by molar-refractivity contribution is 5.95. The third-order valence-electron chi connectivity index (χ3n) is 6.18. The van der Waals surface area contributed by atoms with Crippen LogP contribution in [0.4, 0.5) is 23.7 Å². The van der Waals surface area contributed by atoms with Gasteiger partial charge < -0.3 is 15.1 Å². The van der Waals surface area contributed by atoms with Crippen molar-refractivity contribution in [2.45, 2.75) is 31.9 Å². The van der Waals surface area contributed by atoms with E-state index in [2.05, 4.69) is 27.1 Å². The van der Waals surface area contributed by atoms with Gasteiger partial charge in [0.15, 0.2) is 0 Å². The highest BCUT2D eigenvalue weighted by Gasteiger charge is 2.62. The van der Waals surface area contributed by atoms with Crippen molar-refractivity contribution in [3.63, 3.8) is 0 Å². The van der Waals surface area contributed by atoms with Crippen LogP contribution in [0.25, 0.3) is 11.0 Å². The molecule has 158 valence electrons. The van der Waals surface area contributed by atoms with Gasteiger partial charge in [-0.15, -0.1) is 0 Å².